The number of hydrogen-bond acceptors (Lipinski definition) is 4. The molecule has 4 rings (SSSR count). The molecule has 0 spiro atoms. The Labute approximate surface area is 158 Å². The lowest BCUT2D eigenvalue weighted by Gasteiger charge is -2.16. The van der Waals surface area contributed by atoms with E-state index in [1.807, 2.05) is 12.1 Å². The fraction of sp³-hybridized carbons (Fsp3) is 0.350. The van der Waals surface area contributed by atoms with Crippen molar-refractivity contribution >= 4 is 21.2 Å². The summed E-state index contributed by atoms with van der Waals surface area (Å²) in [6.07, 6.45) is 0.698. The van der Waals surface area contributed by atoms with Gasteiger partial charge in [0.2, 0.25) is 0 Å². The number of aryl methyl sites for hydroxylation is 2. The second-order valence-electron chi connectivity index (χ2n) is 7.06. The molecule has 136 valence electrons. The molecular formula is C20H22N2O2S2. The molecule has 2 aromatic heterocycles. The van der Waals surface area contributed by atoms with Gasteiger partial charge in [0.05, 0.1) is 17.2 Å². The van der Waals surface area contributed by atoms with Crippen molar-refractivity contribution in [3.63, 3.8) is 0 Å². The van der Waals surface area contributed by atoms with Crippen LogP contribution in [0.3, 0.4) is 0 Å². The minimum Gasteiger partial charge on any atom is -0.344 e. The summed E-state index contributed by atoms with van der Waals surface area (Å²) in [5, 5.41) is 3.12. The summed E-state index contributed by atoms with van der Waals surface area (Å²) in [7, 11) is -2.90. The molecule has 3 aromatic rings. The van der Waals surface area contributed by atoms with Gasteiger partial charge < -0.3 is 4.57 Å². The fourth-order valence-corrected chi connectivity index (χ4v) is 6.52. The lowest BCUT2D eigenvalue weighted by Crippen LogP contribution is -2.13. The van der Waals surface area contributed by atoms with E-state index in [9.17, 15) is 8.42 Å². The highest BCUT2D eigenvalue weighted by molar-refractivity contribution is 7.91. The van der Waals surface area contributed by atoms with Gasteiger partial charge >= 0.3 is 0 Å². The lowest BCUT2D eigenvalue weighted by atomic mass is 10.1. The molecule has 0 unspecified atom stereocenters. The number of nitrogens with zero attached hydrogens (tertiary/aromatic N) is 2. The largest absolute Gasteiger partial charge is 0.344 e. The van der Waals surface area contributed by atoms with E-state index in [-0.39, 0.29) is 17.5 Å². The Bertz CT molecular complexity index is 1080. The highest BCUT2D eigenvalue weighted by Gasteiger charge is 2.31. The SMILES string of the molecule is Cc1ccccc1-c1nc(-c2cc(C)n([C@H]3CCS(=O)(=O)C3)c2C)cs1. The van der Waals surface area contributed by atoms with Crippen molar-refractivity contribution in [2.75, 3.05) is 11.5 Å². The Balaban J connectivity index is 1.72. The van der Waals surface area contributed by atoms with Crippen molar-refractivity contribution < 1.29 is 8.42 Å². The predicted octanol–water partition coefficient (Wildman–Crippen LogP) is 4.56. The van der Waals surface area contributed by atoms with Crippen molar-refractivity contribution in [2.45, 2.75) is 33.2 Å². The third-order valence-electron chi connectivity index (χ3n) is 5.21. The summed E-state index contributed by atoms with van der Waals surface area (Å²) in [6, 6.07) is 10.5. The van der Waals surface area contributed by atoms with Crippen LogP contribution in [0.5, 0.6) is 0 Å². The molecule has 0 radical (unpaired) electrons. The zero-order chi connectivity index (χ0) is 18.5. The first-order chi connectivity index (χ1) is 12.4. The molecule has 0 bridgehead atoms. The zero-order valence-electron chi connectivity index (χ0n) is 15.2. The monoisotopic (exact) mass is 386 g/mol. The standard InChI is InChI=1S/C20H22N2O2S2/c1-13-6-4-5-7-17(13)20-21-19(11-25-20)18-10-14(2)22(15(18)3)16-8-9-26(23,24)12-16/h4-7,10-11,16H,8-9,12H2,1-3H3/t16-/m0/s1. The fourth-order valence-electron chi connectivity index (χ4n) is 3.91. The zero-order valence-corrected chi connectivity index (χ0v) is 16.8. The maximum atomic E-state index is 11.9. The summed E-state index contributed by atoms with van der Waals surface area (Å²) >= 11 is 1.65. The van der Waals surface area contributed by atoms with E-state index in [4.69, 9.17) is 4.98 Å². The Morgan fingerprint density at radius 1 is 1.15 bits per heavy atom. The van der Waals surface area contributed by atoms with Crippen LogP contribution in [0.25, 0.3) is 21.8 Å². The van der Waals surface area contributed by atoms with Gasteiger partial charge in [-0.1, -0.05) is 24.3 Å². The summed E-state index contributed by atoms with van der Waals surface area (Å²) in [5.74, 6) is 0.534. The van der Waals surface area contributed by atoms with Gasteiger partial charge in [-0.2, -0.15) is 0 Å². The van der Waals surface area contributed by atoms with E-state index in [1.165, 1.54) is 11.1 Å². The van der Waals surface area contributed by atoms with Gasteiger partial charge in [0.25, 0.3) is 0 Å². The number of thiazole rings is 1. The summed E-state index contributed by atoms with van der Waals surface area (Å²) < 4.78 is 26.0. The van der Waals surface area contributed by atoms with E-state index in [0.29, 0.717) is 6.42 Å². The summed E-state index contributed by atoms with van der Waals surface area (Å²) in [6.45, 7) is 6.22. The molecule has 1 aliphatic rings. The van der Waals surface area contributed by atoms with Crippen LogP contribution in [0.15, 0.2) is 35.7 Å². The summed E-state index contributed by atoms with van der Waals surface area (Å²) in [5.41, 5.74) is 6.65. The van der Waals surface area contributed by atoms with Gasteiger partial charge in [0.15, 0.2) is 9.84 Å². The van der Waals surface area contributed by atoms with E-state index in [1.54, 1.807) is 11.3 Å². The molecule has 1 saturated heterocycles. The van der Waals surface area contributed by atoms with Crippen LogP contribution in [0.4, 0.5) is 0 Å². The van der Waals surface area contributed by atoms with Gasteiger partial charge in [-0.3, -0.25) is 0 Å². The lowest BCUT2D eigenvalue weighted by molar-refractivity contribution is 0.536. The number of hydrogen-bond donors (Lipinski definition) is 0. The molecule has 0 N–H and O–H groups in total. The second-order valence-corrected chi connectivity index (χ2v) is 10.2. The van der Waals surface area contributed by atoms with Crippen molar-refractivity contribution in [1.82, 2.24) is 9.55 Å². The maximum absolute atomic E-state index is 11.9. The second kappa shape index (κ2) is 6.35. The number of benzene rings is 1. The Morgan fingerprint density at radius 3 is 2.62 bits per heavy atom. The highest BCUT2D eigenvalue weighted by Crippen LogP contribution is 2.36. The molecule has 3 heterocycles. The van der Waals surface area contributed by atoms with Crippen molar-refractivity contribution in [1.29, 1.82) is 0 Å². The minimum atomic E-state index is -2.90. The normalized spacial score (nSPS) is 19.1. The van der Waals surface area contributed by atoms with Gasteiger partial charge in [-0.15, -0.1) is 11.3 Å². The molecular weight excluding hydrogens is 364 g/mol. The first kappa shape index (κ1) is 17.5. The third kappa shape index (κ3) is 3.01. The molecule has 1 aromatic carbocycles. The Morgan fingerprint density at radius 2 is 1.92 bits per heavy atom. The van der Waals surface area contributed by atoms with E-state index < -0.39 is 9.84 Å². The Kier molecular flexibility index (Phi) is 4.28. The predicted molar refractivity (Wildman–Crippen MR) is 107 cm³/mol. The number of aromatic nitrogens is 2. The van der Waals surface area contributed by atoms with Crippen LogP contribution in [-0.2, 0) is 9.84 Å². The van der Waals surface area contributed by atoms with Crippen LogP contribution in [0.2, 0.25) is 0 Å². The summed E-state index contributed by atoms with van der Waals surface area (Å²) in [4.78, 5) is 4.87. The number of sulfone groups is 1. The first-order valence-electron chi connectivity index (χ1n) is 8.76. The van der Waals surface area contributed by atoms with Crippen molar-refractivity contribution in [2.24, 2.45) is 0 Å². The molecule has 0 amide bonds. The number of rotatable bonds is 3. The minimum absolute atomic E-state index is 0.0447. The van der Waals surface area contributed by atoms with Crippen LogP contribution < -0.4 is 0 Å². The highest BCUT2D eigenvalue weighted by atomic mass is 32.2. The molecule has 0 aliphatic carbocycles. The first-order valence-corrected chi connectivity index (χ1v) is 11.5. The molecule has 26 heavy (non-hydrogen) atoms. The maximum Gasteiger partial charge on any atom is 0.152 e. The molecule has 1 aliphatic heterocycles. The average Bonchev–Trinajstić information content (AvgIpc) is 3.26. The average molecular weight is 387 g/mol. The van der Waals surface area contributed by atoms with E-state index >= 15 is 0 Å². The van der Waals surface area contributed by atoms with Gasteiger partial charge in [0, 0.05) is 33.9 Å². The smallest absolute Gasteiger partial charge is 0.152 e. The van der Waals surface area contributed by atoms with E-state index in [2.05, 4.69) is 48.9 Å². The van der Waals surface area contributed by atoms with Gasteiger partial charge in [0.1, 0.15) is 5.01 Å². The molecule has 1 atom stereocenters. The van der Waals surface area contributed by atoms with Gasteiger partial charge in [-0.05, 0) is 38.8 Å². The third-order valence-corrected chi connectivity index (χ3v) is 7.84. The van der Waals surface area contributed by atoms with Crippen LogP contribution in [0, 0.1) is 20.8 Å². The molecule has 4 nitrogen and oxygen atoms in total. The molecule has 6 heteroatoms. The van der Waals surface area contributed by atoms with Crippen LogP contribution in [-0.4, -0.2) is 29.5 Å². The van der Waals surface area contributed by atoms with Crippen LogP contribution in [0.1, 0.15) is 29.4 Å². The topological polar surface area (TPSA) is 52.0 Å². The van der Waals surface area contributed by atoms with E-state index in [0.717, 1.165) is 27.7 Å². The van der Waals surface area contributed by atoms with Crippen LogP contribution >= 0.6 is 11.3 Å². The molecule has 0 saturated carbocycles. The quantitative estimate of drug-likeness (QED) is 0.663. The van der Waals surface area contributed by atoms with Gasteiger partial charge in [-0.25, -0.2) is 13.4 Å². The molecule has 1 fully saturated rings. The Hall–Kier alpha value is -1.92. The van der Waals surface area contributed by atoms with Crippen molar-refractivity contribution in [3.05, 3.63) is 52.7 Å². The van der Waals surface area contributed by atoms with Crippen molar-refractivity contribution in [3.8, 4) is 21.8 Å².